The van der Waals surface area contributed by atoms with Crippen molar-refractivity contribution in [2.45, 2.75) is 0 Å². The summed E-state index contributed by atoms with van der Waals surface area (Å²) in [5, 5.41) is 14.3. The molecule has 6 nitrogen and oxygen atoms in total. The van der Waals surface area contributed by atoms with Crippen molar-refractivity contribution >= 4 is 17.4 Å². The van der Waals surface area contributed by atoms with E-state index < -0.39 is 6.03 Å². The van der Waals surface area contributed by atoms with Crippen molar-refractivity contribution in [3.05, 3.63) is 48.0 Å². The Bertz CT molecular complexity index is 701. The molecule has 0 aliphatic heterocycles. The molecule has 0 unspecified atom stereocenters. The number of rotatable bonds is 4. The summed E-state index contributed by atoms with van der Waals surface area (Å²) >= 11 is 0. The molecule has 22 heavy (non-hydrogen) atoms. The van der Waals surface area contributed by atoms with Crippen molar-refractivity contribution in [1.29, 1.82) is 5.26 Å². The van der Waals surface area contributed by atoms with Gasteiger partial charge >= 0.3 is 6.03 Å². The summed E-state index contributed by atoms with van der Waals surface area (Å²) in [7, 11) is 3.06. The highest BCUT2D eigenvalue weighted by molar-refractivity contribution is 6.00. The second-order valence-corrected chi connectivity index (χ2v) is 4.34. The molecule has 0 radical (unpaired) electrons. The summed E-state index contributed by atoms with van der Waals surface area (Å²) in [6.45, 7) is 0. The number of urea groups is 1. The number of hydrogen-bond acceptors (Lipinski definition) is 4. The molecular weight excluding hydrogens is 282 g/mol. The van der Waals surface area contributed by atoms with Crippen LogP contribution < -0.4 is 20.1 Å². The van der Waals surface area contributed by atoms with Crippen molar-refractivity contribution in [2.75, 3.05) is 24.9 Å². The number of hydrogen-bond donors (Lipinski definition) is 2. The lowest BCUT2D eigenvalue weighted by Crippen LogP contribution is -2.20. The summed E-state index contributed by atoms with van der Waals surface area (Å²) < 4.78 is 10.3. The maximum Gasteiger partial charge on any atom is 0.323 e. The van der Waals surface area contributed by atoms with E-state index in [0.717, 1.165) is 0 Å². The van der Waals surface area contributed by atoms with Gasteiger partial charge in [-0.25, -0.2) is 4.79 Å². The minimum Gasteiger partial charge on any atom is -0.497 e. The molecule has 0 aliphatic rings. The van der Waals surface area contributed by atoms with Gasteiger partial charge in [0.05, 0.1) is 25.5 Å². The van der Waals surface area contributed by atoms with Gasteiger partial charge in [0, 0.05) is 23.9 Å². The van der Waals surface area contributed by atoms with E-state index in [0.29, 0.717) is 28.4 Å². The highest BCUT2D eigenvalue weighted by atomic mass is 16.5. The van der Waals surface area contributed by atoms with Gasteiger partial charge in [-0.1, -0.05) is 12.1 Å². The van der Waals surface area contributed by atoms with Gasteiger partial charge in [0.2, 0.25) is 0 Å². The zero-order valence-corrected chi connectivity index (χ0v) is 12.2. The molecule has 2 amide bonds. The number of nitriles is 1. The number of methoxy groups -OCH3 is 2. The maximum absolute atomic E-state index is 12.0. The Morgan fingerprint density at radius 3 is 2.27 bits per heavy atom. The molecule has 0 atom stereocenters. The van der Waals surface area contributed by atoms with Crippen molar-refractivity contribution in [3.8, 4) is 17.6 Å². The van der Waals surface area contributed by atoms with Crippen LogP contribution in [0.15, 0.2) is 42.5 Å². The van der Waals surface area contributed by atoms with E-state index in [1.165, 1.54) is 14.2 Å². The van der Waals surface area contributed by atoms with Crippen LogP contribution in [0.1, 0.15) is 5.56 Å². The Morgan fingerprint density at radius 1 is 1.05 bits per heavy atom. The zero-order valence-electron chi connectivity index (χ0n) is 12.2. The van der Waals surface area contributed by atoms with Crippen LogP contribution in [0.2, 0.25) is 0 Å². The van der Waals surface area contributed by atoms with E-state index in [4.69, 9.17) is 14.7 Å². The fraction of sp³-hybridized carbons (Fsp3) is 0.125. The predicted molar refractivity (Wildman–Crippen MR) is 83.3 cm³/mol. The topological polar surface area (TPSA) is 83.4 Å². The van der Waals surface area contributed by atoms with Crippen LogP contribution in [0.4, 0.5) is 16.2 Å². The molecule has 0 fully saturated rings. The molecule has 112 valence electrons. The van der Waals surface area contributed by atoms with E-state index in [1.807, 2.05) is 6.07 Å². The molecule has 0 aliphatic carbocycles. The van der Waals surface area contributed by atoms with Gasteiger partial charge in [-0.3, -0.25) is 0 Å². The number of carbonyl (C=O) groups is 1. The van der Waals surface area contributed by atoms with Crippen molar-refractivity contribution in [2.24, 2.45) is 0 Å². The Labute approximate surface area is 128 Å². The maximum atomic E-state index is 12.0. The van der Waals surface area contributed by atoms with Crippen LogP contribution in [-0.2, 0) is 0 Å². The molecule has 0 heterocycles. The predicted octanol–water partition coefficient (Wildman–Crippen LogP) is 3.22. The largest absolute Gasteiger partial charge is 0.497 e. The van der Waals surface area contributed by atoms with E-state index in [2.05, 4.69) is 10.6 Å². The Morgan fingerprint density at radius 2 is 1.68 bits per heavy atom. The number of anilines is 2. The van der Waals surface area contributed by atoms with Crippen LogP contribution in [0.3, 0.4) is 0 Å². The molecule has 0 bridgehead atoms. The highest BCUT2D eigenvalue weighted by Crippen LogP contribution is 2.26. The average molecular weight is 297 g/mol. The van der Waals surface area contributed by atoms with Crippen LogP contribution in [0.5, 0.6) is 11.5 Å². The summed E-state index contributed by atoms with van der Waals surface area (Å²) in [6.07, 6.45) is 0. The second kappa shape index (κ2) is 6.99. The van der Waals surface area contributed by atoms with Crippen LogP contribution in [-0.4, -0.2) is 20.3 Å². The number of amides is 2. The van der Waals surface area contributed by atoms with Gasteiger partial charge in [-0.15, -0.1) is 0 Å². The van der Waals surface area contributed by atoms with Crippen LogP contribution in [0, 0.1) is 11.3 Å². The third kappa shape index (κ3) is 3.67. The molecule has 6 heteroatoms. The number of carbonyl (C=O) groups excluding carboxylic acids is 1. The van der Waals surface area contributed by atoms with Gasteiger partial charge in [-0.05, 0) is 12.1 Å². The van der Waals surface area contributed by atoms with Gasteiger partial charge in [0.25, 0.3) is 0 Å². The first-order chi connectivity index (χ1) is 10.7. The van der Waals surface area contributed by atoms with Gasteiger partial charge in [0.1, 0.15) is 17.6 Å². The lowest BCUT2D eigenvalue weighted by Gasteiger charge is -2.11. The van der Waals surface area contributed by atoms with Crippen LogP contribution >= 0.6 is 0 Å². The first kappa shape index (κ1) is 15.2. The minimum absolute atomic E-state index is 0.390. The fourth-order valence-electron chi connectivity index (χ4n) is 1.85. The van der Waals surface area contributed by atoms with E-state index >= 15 is 0 Å². The standard InChI is InChI=1S/C16H15N3O3/c1-21-13-7-12(8-14(9-13)22-2)18-16(20)19-15-6-4-3-5-11(15)10-17/h3-9H,1-2H3,(H2,18,19,20). The number of benzene rings is 2. The second-order valence-electron chi connectivity index (χ2n) is 4.34. The van der Waals surface area contributed by atoms with Gasteiger partial charge in [0.15, 0.2) is 0 Å². The van der Waals surface area contributed by atoms with Gasteiger partial charge in [-0.2, -0.15) is 5.26 Å². The molecule has 2 N–H and O–H groups in total. The lowest BCUT2D eigenvalue weighted by molar-refractivity contribution is 0.262. The van der Waals surface area contributed by atoms with Crippen molar-refractivity contribution in [1.82, 2.24) is 0 Å². The number of ether oxygens (including phenoxy) is 2. The monoisotopic (exact) mass is 297 g/mol. The number of nitrogens with one attached hydrogen (secondary N) is 2. The van der Waals surface area contributed by atoms with E-state index in [-0.39, 0.29) is 0 Å². The third-order valence-electron chi connectivity index (χ3n) is 2.91. The van der Waals surface area contributed by atoms with Crippen molar-refractivity contribution in [3.63, 3.8) is 0 Å². The molecule has 2 aromatic carbocycles. The third-order valence-corrected chi connectivity index (χ3v) is 2.91. The summed E-state index contributed by atoms with van der Waals surface area (Å²) in [5.74, 6) is 1.12. The average Bonchev–Trinajstić information content (AvgIpc) is 2.54. The minimum atomic E-state index is -0.460. The Hall–Kier alpha value is -3.20. The quantitative estimate of drug-likeness (QED) is 0.907. The molecule has 2 aromatic rings. The summed E-state index contributed by atoms with van der Waals surface area (Å²) in [5.41, 5.74) is 1.35. The van der Waals surface area contributed by atoms with Crippen molar-refractivity contribution < 1.29 is 14.3 Å². The van der Waals surface area contributed by atoms with E-state index in [1.54, 1.807) is 42.5 Å². The van der Waals surface area contributed by atoms with Crippen LogP contribution in [0.25, 0.3) is 0 Å². The van der Waals surface area contributed by atoms with Gasteiger partial charge < -0.3 is 20.1 Å². The fourth-order valence-corrected chi connectivity index (χ4v) is 1.85. The highest BCUT2D eigenvalue weighted by Gasteiger charge is 2.08. The molecule has 0 saturated heterocycles. The summed E-state index contributed by atoms with van der Waals surface area (Å²) in [4.78, 5) is 12.0. The molecule has 0 aromatic heterocycles. The Kier molecular flexibility index (Phi) is 4.83. The normalized spacial score (nSPS) is 9.50. The lowest BCUT2D eigenvalue weighted by atomic mass is 10.2. The Balaban J connectivity index is 2.14. The SMILES string of the molecule is COc1cc(NC(=O)Nc2ccccc2C#N)cc(OC)c1. The first-order valence-corrected chi connectivity index (χ1v) is 6.46. The first-order valence-electron chi connectivity index (χ1n) is 6.46. The number of nitrogens with zero attached hydrogens (tertiary/aromatic N) is 1. The van der Waals surface area contributed by atoms with E-state index in [9.17, 15) is 4.79 Å². The smallest absolute Gasteiger partial charge is 0.323 e. The zero-order chi connectivity index (χ0) is 15.9. The number of para-hydroxylation sites is 1. The summed E-state index contributed by atoms with van der Waals surface area (Å²) in [6, 6.07) is 13.3. The molecule has 2 rings (SSSR count). The molecular formula is C16H15N3O3. The molecule has 0 saturated carbocycles. The molecule has 0 spiro atoms.